The van der Waals surface area contributed by atoms with Crippen molar-refractivity contribution in [2.75, 3.05) is 0 Å². The van der Waals surface area contributed by atoms with Gasteiger partial charge in [-0.1, -0.05) is 21.1 Å². The molecule has 0 atom stereocenters. The molecule has 2 aromatic rings. The maximum Gasteiger partial charge on any atom is 0.446 e. The van der Waals surface area contributed by atoms with Crippen molar-refractivity contribution in [1.29, 1.82) is 0 Å². The first-order valence-corrected chi connectivity index (χ1v) is 9.49. The van der Waals surface area contributed by atoms with E-state index < -0.39 is 16.0 Å². The third kappa shape index (κ3) is 5.68. The molecule has 8 nitrogen and oxygen atoms in total. The summed E-state index contributed by atoms with van der Waals surface area (Å²) in [4.78, 5) is 9.51. The van der Waals surface area contributed by atoms with Gasteiger partial charge in [-0.05, 0) is 51.1 Å². The number of phenols is 1. The van der Waals surface area contributed by atoms with Crippen molar-refractivity contribution in [3.8, 4) is 11.5 Å². The minimum absolute atomic E-state index is 0.0259. The van der Waals surface area contributed by atoms with E-state index in [0.717, 1.165) is 0 Å². The highest BCUT2D eigenvalue weighted by Gasteiger charge is 2.23. The minimum atomic E-state index is -4.78. The first kappa shape index (κ1) is 20.1. The van der Waals surface area contributed by atoms with E-state index in [0.29, 0.717) is 4.47 Å². The number of benzene rings is 1. The highest BCUT2D eigenvalue weighted by atomic mass is 79.9. The van der Waals surface area contributed by atoms with Crippen LogP contribution in [-0.2, 0) is 15.2 Å². The van der Waals surface area contributed by atoms with Crippen molar-refractivity contribution in [1.82, 2.24) is 4.98 Å². The van der Waals surface area contributed by atoms with Gasteiger partial charge in [0.15, 0.2) is 5.75 Å². The van der Waals surface area contributed by atoms with Gasteiger partial charge in [-0.3, -0.25) is 9.54 Å². The summed E-state index contributed by atoms with van der Waals surface area (Å²) in [5.74, 6) is -0.404. The second kappa shape index (κ2) is 7.60. The Bertz CT molecular complexity index is 938. The molecule has 0 amide bonds. The fraction of sp³-hybridized carbons (Fsp3) is 0.250. The molecule has 0 aliphatic rings. The largest absolute Gasteiger partial charge is 0.507 e. The van der Waals surface area contributed by atoms with Gasteiger partial charge in [-0.2, -0.15) is 8.42 Å². The standard InChI is InChI=1S/C16H17BrN2O6S/c1-16(2,3)25-19-14(11-9-10(17)6-7-12(11)20)15-13(5-4-8-18-15)24-26(21,22)23/h4-9,20H,1-3H3,(H,21,22,23)/b19-14-. The molecule has 0 spiro atoms. The summed E-state index contributed by atoms with van der Waals surface area (Å²) in [7, 11) is -4.78. The Hall–Kier alpha value is -2.17. The molecule has 0 bridgehead atoms. The highest BCUT2D eigenvalue weighted by Crippen LogP contribution is 2.29. The number of phenolic OH excluding ortho intramolecular Hbond substituents is 1. The van der Waals surface area contributed by atoms with Crippen LogP contribution in [0.25, 0.3) is 0 Å². The fourth-order valence-electron chi connectivity index (χ4n) is 1.85. The van der Waals surface area contributed by atoms with Crippen LogP contribution in [0.2, 0.25) is 0 Å². The van der Waals surface area contributed by atoms with E-state index >= 15 is 0 Å². The lowest BCUT2D eigenvalue weighted by molar-refractivity contribution is 0.00109. The number of aromatic hydroxyl groups is 1. The van der Waals surface area contributed by atoms with E-state index in [2.05, 4.69) is 30.3 Å². The summed E-state index contributed by atoms with van der Waals surface area (Å²) in [6, 6.07) is 7.32. The van der Waals surface area contributed by atoms with Crippen LogP contribution in [0.1, 0.15) is 32.0 Å². The minimum Gasteiger partial charge on any atom is -0.507 e. The maximum absolute atomic E-state index is 11.1. The average molecular weight is 445 g/mol. The summed E-state index contributed by atoms with van der Waals surface area (Å²) in [6.45, 7) is 5.30. The summed E-state index contributed by atoms with van der Waals surface area (Å²) in [6.07, 6.45) is 1.38. The molecule has 0 saturated heterocycles. The molecular formula is C16H17BrN2O6S. The molecule has 140 valence electrons. The molecule has 10 heteroatoms. The quantitative estimate of drug-likeness (QED) is 0.412. The monoisotopic (exact) mass is 444 g/mol. The van der Waals surface area contributed by atoms with Crippen molar-refractivity contribution < 1.29 is 27.1 Å². The summed E-state index contributed by atoms with van der Waals surface area (Å²) in [5.41, 5.74) is -0.450. The molecule has 0 fully saturated rings. The van der Waals surface area contributed by atoms with Crippen molar-refractivity contribution in [3.63, 3.8) is 0 Å². The molecule has 2 rings (SSSR count). The molecule has 1 heterocycles. The Morgan fingerprint density at radius 3 is 2.58 bits per heavy atom. The van der Waals surface area contributed by atoms with Gasteiger partial charge in [0.2, 0.25) is 0 Å². The Balaban J connectivity index is 2.68. The first-order chi connectivity index (χ1) is 12.0. The van der Waals surface area contributed by atoms with Crippen LogP contribution in [-0.4, -0.2) is 34.4 Å². The Kier molecular flexibility index (Phi) is 5.89. The number of halogens is 1. The maximum atomic E-state index is 11.1. The van der Waals surface area contributed by atoms with Crippen molar-refractivity contribution in [2.24, 2.45) is 5.16 Å². The van der Waals surface area contributed by atoms with Gasteiger partial charge in [0, 0.05) is 16.2 Å². The number of pyridine rings is 1. The second-order valence-corrected chi connectivity index (χ2v) is 8.10. The van der Waals surface area contributed by atoms with Gasteiger partial charge in [0.25, 0.3) is 0 Å². The van der Waals surface area contributed by atoms with Gasteiger partial charge in [-0.15, -0.1) is 0 Å². The number of nitrogens with zero attached hydrogens (tertiary/aromatic N) is 2. The predicted octanol–water partition coefficient (Wildman–Crippen LogP) is 3.30. The predicted molar refractivity (Wildman–Crippen MR) is 98.7 cm³/mol. The molecule has 0 radical (unpaired) electrons. The lowest BCUT2D eigenvalue weighted by atomic mass is 10.1. The van der Waals surface area contributed by atoms with Crippen molar-refractivity contribution >= 4 is 32.0 Å². The number of hydrogen-bond donors (Lipinski definition) is 2. The van der Waals surface area contributed by atoms with E-state index in [9.17, 15) is 13.5 Å². The van der Waals surface area contributed by atoms with Crippen LogP contribution in [0.15, 0.2) is 46.2 Å². The third-order valence-corrected chi connectivity index (χ3v) is 3.70. The van der Waals surface area contributed by atoms with E-state index in [4.69, 9.17) is 9.39 Å². The van der Waals surface area contributed by atoms with Crippen LogP contribution in [0.3, 0.4) is 0 Å². The highest BCUT2D eigenvalue weighted by molar-refractivity contribution is 9.10. The lowest BCUT2D eigenvalue weighted by Crippen LogP contribution is -2.19. The Labute approximate surface area is 159 Å². The molecule has 0 unspecified atom stereocenters. The van der Waals surface area contributed by atoms with E-state index in [1.54, 1.807) is 32.9 Å². The van der Waals surface area contributed by atoms with Crippen molar-refractivity contribution in [2.45, 2.75) is 26.4 Å². The summed E-state index contributed by atoms with van der Waals surface area (Å²) < 4.78 is 36.5. The van der Waals surface area contributed by atoms with Gasteiger partial charge in [-0.25, -0.2) is 0 Å². The molecule has 26 heavy (non-hydrogen) atoms. The van der Waals surface area contributed by atoms with Gasteiger partial charge in [0.05, 0.1) is 0 Å². The van der Waals surface area contributed by atoms with Gasteiger partial charge in [0.1, 0.15) is 22.8 Å². The van der Waals surface area contributed by atoms with Gasteiger partial charge >= 0.3 is 10.4 Å². The van der Waals surface area contributed by atoms with Crippen LogP contribution in [0.4, 0.5) is 0 Å². The molecule has 1 aromatic heterocycles. The number of aromatic nitrogens is 1. The van der Waals surface area contributed by atoms with Crippen molar-refractivity contribution in [3.05, 3.63) is 52.3 Å². The summed E-state index contributed by atoms with van der Waals surface area (Å²) >= 11 is 3.30. The van der Waals surface area contributed by atoms with E-state index in [1.807, 2.05) is 0 Å². The molecule has 1 aromatic carbocycles. The molecule has 0 aliphatic heterocycles. The van der Waals surface area contributed by atoms with Crippen LogP contribution in [0, 0.1) is 0 Å². The zero-order valence-electron chi connectivity index (χ0n) is 14.2. The second-order valence-electron chi connectivity index (χ2n) is 6.17. The SMILES string of the molecule is CC(C)(C)O/N=C(/c1cc(Br)ccc1O)c1ncccc1OS(=O)(=O)O. The number of rotatable bonds is 5. The van der Waals surface area contributed by atoms with Crippen LogP contribution >= 0.6 is 15.9 Å². The van der Waals surface area contributed by atoms with Gasteiger partial charge < -0.3 is 14.1 Å². The van der Waals surface area contributed by atoms with Crippen LogP contribution < -0.4 is 4.18 Å². The Morgan fingerprint density at radius 1 is 1.27 bits per heavy atom. The molecular weight excluding hydrogens is 428 g/mol. The van der Waals surface area contributed by atoms with Crippen LogP contribution in [0.5, 0.6) is 11.5 Å². The fourth-order valence-corrected chi connectivity index (χ4v) is 2.57. The summed E-state index contributed by atoms with van der Waals surface area (Å²) in [5, 5.41) is 14.3. The average Bonchev–Trinajstić information content (AvgIpc) is 2.49. The normalized spacial score (nSPS) is 12.7. The van der Waals surface area contributed by atoms with E-state index in [-0.39, 0.29) is 28.5 Å². The zero-order chi connectivity index (χ0) is 19.5. The van der Waals surface area contributed by atoms with E-state index in [1.165, 1.54) is 24.4 Å². The lowest BCUT2D eigenvalue weighted by Gasteiger charge is -2.18. The molecule has 2 N–H and O–H groups in total. The first-order valence-electron chi connectivity index (χ1n) is 7.33. The smallest absolute Gasteiger partial charge is 0.446 e. The number of hydrogen-bond acceptors (Lipinski definition) is 7. The number of oxime groups is 1. The molecule has 0 saturated carbocycles. The zero-order valence-corrected chi connectivity index (χ0v) is 16.6. The third-order valence-electron chi connectivity index (χ3n) is 2.81. The topological polar surface area (TPSA) is 118 Å². The molecule has 0 aliphatic carbocycles. The Morgan fingerprint density at radius 2 is 1.96 bits per heavy atom.